The van der Waals surface area contributed by atoms with Crippen molar-refractivity contribution in [3.8, 4) is 0 Å². The van der Waals surface area contributed by atoms with Gasteiger partial charge in [0.25, 0.3) is 0 Å². The molecule has 0 atom stereocenters. The number of pyridine rings is 1. The van der Waals surface area contributed by atoms with Crippen molar-refractivity contribution < 1.29 is 0 Å². The molecule has 3 heteroatoms. The molecule has 0 radical (unpaired) electrons. The van der Waals surface area contributed by atoms with Gasteiger partial charge in [-0.15, -0.1) is 0 Å². The van der Waals surface area contributed by atoms with Gasteiger partial charge in [0.2, 0.25) is 0 Å². The van der Waals surface area contributed by atoms with Crippen LogP contribution in [0.5, 0.6) is 0 Å². The van der Waals surface area contributed by atoms with Crippen LogP contribution < -0.4 is 5.32 Å². The summed E-state index contributed by atoms with van der Waals surface area (Å²) in [4.78, 5) is 6.49. The van der Waals surface area contributed by atoms with Crippen molar-refractivity contribution in [2.75, 3.05) is 32.7 Å². The molecule has 16 heavy (non-hydrogen) atoms. The van der Waals surface area contributed by atoms with Gasteiger partial charge in [0.05, 0.1) is 0 Å². The highest BCUT2D eigenvalue weighted by Gasteiger charge is 2.05. The summed E-state index contributed by atoms with van der Waals surface area (Å²) in [5, 5.41) is 3.41. The third kappa shape index (κ3) is 3.76. The summed E-state index contributed by atoms with van der Waals surface area (Å²) in [7, 11) is 0. The Morgan fingerprint density at radius 3 is 3.00 bits per heavy atom. The molecule has 2 heterocycles. The summed E-state index contributed by atoms with van der Waals surface area (Å²) < 4.78 is 0. The van der Waals surface area contributed by atoms with Crippen molar-refractivity contribution in [3.63, 3.8) is 0 Å². The van der Waals surface area contributed by atoms with Crippen LogP contribution in [0, 0.1) is 0 Å². The van der Waals surface area contributed by atoms with Gasteiger partial charge in [-0.25, -0.2) is 0 Å². The first kappa shape index (κ1) is 11.3. The lowest BCUT2D eigenvalue weighted by Gasteiger charge is -2.16. The SMILES string of the molecule is C(=C\c1ccncc1)/CN1CCCNCC1. The highest BCUT2D eigenvalue weighted by atomic mass is 15.1. The van der Waals surface area contributed by atoms with Gasteiger partial charge in [-0.3, -0.25) is 9.88 Å². The third-order valence-corrected chi connectivity index (χ3v) is 2.81. The second kappa shape index (κ2) is 6.40. The van der Waals surface area contributed by atoms with E-state index in [0.29, 0.717) is 0 Å². The van der Waals surface area contributed by atoms with E-state index in [2.05, 4.69) is 27.4 Å². The van der Waals surface area contributed by atoms with Gasteiger partial charge in [0.15, 0.2) is 0 Å². The molecule has 0 saturated carbocycles. The Kier molecular flexibility index (Phi) is 4.52. The van der Waals surface area contributed by atoms with Crippen molar-refractivity contribution in [1.29, 1.82) is 0 Å². The van der Waals surface area contributed by atoms with E-state index >= 15 is 0 Å². The van der Waals surface area contributed by atoms with Crippen molar-refractivity contribution in [2.45, 2.75) is 6.42 Å². The van der Waals surface area contributed by atoms with Crippen LogP contribution in [0.2, 0.25) is 0 Å². The number of nitrogens with one attached hydrogen (secondary N) is 1. The first-order chi connectivity index (χ1) is 7.95. The maximum atomic E-state index is 4.00. The highest BCUT2D eigenvalue weighted by Crippen LogP contribution is 2.01. The van der Waals surface area contributed by atoms with Crippen LogP contribution in [0.4, 0.5) is 0 Å². The lowest BCUT2D eigenvalue weighted by Crippen LogP contribution is -2.28. The second-order valence-corrected chi connectivity index (χ2v) is 4.09. The fourth-order valence-electron chi connectivity index (χ4n) is 1.90. The van der Waals surface area contributed by atoms with Crippen molar-refractivity contribution in [1.82, 2.24) is 15.2 Å². The number of aromatic nitrogens is 1. The fraction of sp³-hybridized carbons (Fsp3) is 0.462. The molecule has 0 aromatic carbocycles. The minimum Gasteiger partial charge on any atom is -0.315 e. The molecular formula is C13H19N3. The van der Waals surface area contributed by atoms with Crippen LogP contribution in [0.3, 0.4) is 0 Å². The predicted molar refractivity (Wildman–Crippen MR) is 67.2 cm³/mol. The van der Waals surface area contributed by atoms with E-state index in [-0.39, 0.29) is 0 Å². The topological polar surface area (TPSA) is 28.2 Å². The highest BCUT2D eigenvalue weighted by molar-refractivity contribution is 5.47. The number of rotatable bonds is 3. The monoisotopic (exact) mass is 217 g/mol. The molecule has 0 amide bonds. The van der Waals surface area contributed by atoms with E-state index in [4.69, 9.17) is 0 Å². The van der Waals surface area contributed by atoms with Gasteiger partial charge < -0.3 is 5.32 Å². The zero-order valence-corrected chi connectivity index (χ0v) is 9.60. The second-order valence-electron chi connectivity index (χ2n) is 4.09. The predicted octanol–water partition coefficient (Wildman–Crippen LogP) is 1.39. The molecule has 86 valence electrons. The van der Waals surface area contributed by atoms with Crippen molar-refractivity contribution in [3.05, 3.63) is 36.2 Å². The van der Waals surface area contributed by atoms with E-state index in [1.165, 1.54) is 18.5 Å². The molecule has 1 N–H and O–H groups in total. The van der Waals surface area contributed by atoms with E-state index < -0.39 is 0 Å². The quantitative estimate of drug-likeness (QED) is 0.829. The maximum Gasteiger partial charge on any atom is 0.0273 e. The average molecular weight is 217 g/mol. The standard InChI is InChI=1S/C13H19N3/c1(3-13-4-7-15-8-5-13)10-16-11-2-6-14-9-12-16/h1,3-5,7-8,14H,2,6,9-12H2/b3-1+. The smallest absolute Gasteiger partial charge is 0.0273 e. The molecule has 0 bridgehead atoms. The zero-order valence-electron chi connectivity index (χ0n) is 9.60. The lowest BCUT2D eigenvalue weighted by atomic mass is 10.2. The summed E-state index contributed by atoms with van der Waals surface area (Å²) in [6.45, 7) is 5.67. The summed E-state index contributed by atoms with van der Waals surface area (Å²) in [6.07, 6.45) is 9.31. The molecule has 2 rings (SSSR count). The molecule has 0 spiro atoms. The first-order valence-corrected chi connectivity index (χ1v) is 5.95. The van der Waals surface area contributed by atoms with Crippen LogP contribution in [0.25, 0.3) is 6.08 Å². The van der Waals surface area contributed by atoms with Gasteiger partial charge in [-0.05, 0) is 37.2 Å². The average Bonchev–Trinajstić information content (AvgIpc) is 2.59. The van der Waals surface area contributed by atoms with E-state index in [9.17, 15) is 0 Å². The normalized spacial score (nSPS) is 18.8. The van der Waals surface area contributed by atoms with Crippen LogP contribution in [-0.4, -0.2) is 42.6 Å². The van der Waals surface area contributed by atoms with Gasteiger partial charge in [0, 0.05) is 32.0 Å². The lowest BCUT2D eigenvalue weighted by molar-refractivity contribution is 0.324. The Morgan fingerprint density at radius 1 is 1.25 bits per heavy atom. The molecule has 0 aliphatic carbocycles. The molecule has 1 saturated heterocycles. The number of hydrogen-bond acceptors (Lipinski definition) is 3. The summed E-state index contributed by atoms with van der Waals surface area (Å²) in [5.41, 5.74) is 1.22. The summed E-state index contributed by atoms with van der Waals surface area (Å²) in [5.74, 6) is 0. The Balaban J connectivity index is 1.79. The molecule has 1 aromatic rings. The van der Waals surface area contributed by atoms with Gasteiger partial charge >= 0.3 is 0 Å². The summed E-state index contributed by atoms with van der Waals surface area (Å²) >= 11 is 0. The summed E-state index contributed by atoms with van der Waals surface area (Å²) in [6, 6.07) is 4.06. The maximum absolute atomic E-state index is 4.00. The Morgan fingerprint density at radius 2 is 2.12 bits per heavy atom. The molecule has 1 aromatic heterocycles. The Hall–Kier alpha value is -1.19. The first-order valence-electron chi connectivity index (χ1n) is 5.95. The molecular weight excluding hydrogens is 198 g/mol. The number of hydrogen-bond donors (Lipinski definition) is 1. The van der Waals surface area contributed by atoms with Crippen molar-refractivity contribution >= 4 is 6.08 Å². The van der Waals surface area contributed by atoms with Crippen LogP contribution in [-0.2, 0) is 0 Å². The zero-order chi connectivity index (χ0) is 11.1. The van der Waals surface area contributed by atoms with Gasteiger partial charge in [-0.2, -0.15) is 0 Å². The molecule has 3 nitrogen and oxygen atoms in total. The van der Waals surface area contributed by atoms with Gasteiger partial charge in [0.1, 0.15) is 0 Å². The Labute approximate surface area is 97.2 Å². The Bertz CT molecular complexity index is 313. The van der Waals surface area contributed by atoms with Crippen LogP contribution >= 0.6 is 0 Å². The van der Waals surface area contributed by atoms with Crippen LogP contribution in [0.1, 0.15) is 12.0 Å². The van der Waals surface area contributed by atoms with E-state index in [1.54, 1.807) is 0 Å². The molecule has 1 fully saturated rings. The molecule has 0 unspecified atom stereocenters. The minimum absolute atomic E-state index is 1.05. The van der Waals surface area contributed by atoms with Gasteiger partial charge in [-0.1, -0.05) is 12.2 Å². The van der Waals surface area contributed by atoms with Crippen LogP contribution in [0.15, 0.2) is 30.6 Å². The minimum atomic E-state index is 1.05. The van der Waals surface area contributed by atoms with Crippen molar-refractivity contribution in [2.24, 2.45) is 0 Å². The largest absolute Gasteiger partial charge is 0.315 e. The molecule has 1 aliphatic rings. The van der Waals surface area contributed by atoms with E-state index in [1.807, 2.05) is 24.5 Å². The number of nitrogens with zero attached hydrogens (tertiary/aromatic N) is 2. The van der Waals surface area contributed by atoms with E-state index in [0.717, 1.165) is 26.2 Å². The molecule has 1 aliphatic heterocycles. The fourth-order valence-corrected chi connectivity index (χ4v) is 1.90. The third-order valence-electron chi connectivity index (χ3n) is 2.81.